The van der Waals surface area contributed by atoms with Crippen molar-refractivity contribution in [2.75, 3.05) is 47.5 Å². The highest BCUT2D eigenvalue weighted by Crippen LogP contribution is 2.43. The van der Waals surface area contributed by atoms with E-state index in [2.05, 4.69) is 38.2 Å². The van der Waals surface area contributed by atoms with E-state index in [1.807, 2.05) is 21.1 Å². The number of phosphoric ester groups is 1. The number of hydrogen-bond acceptors (Lipinski definition) is 7. The summed E-state index contributed by atoms with van der Waals surface area (Å²) in [7, 11) is 1.47. The Labute approximate surface area is 332 Å². The van der Waals surface area contributed by atoms with Crippen LogP contribution in [0.2, 0.25) is 0 Å². The summed E-state index contributed by atoms with van der Waals surface area (Å²) in [6.45, 7) is 4.39. The molecule has 0 rings (SSSR count). The molecule has 0 radical (unpaired) electrons. The second-order valence-corrected chi connectivity index (χ2v) is 17.5. The van der Waals surface area contributed by atoms with Crippen LogP contribution >= 0.6 is 7.82 Å². The molecule has 318 valence electrons. The van der Waals surface area contributed by atoms with E-state index in [1.165, 1.54) is 109 Å². The Balaban J connectivity index is 4.38. The molecule has 2 atom stereocenters. The van der Waals surface area contributed by atoms with Crippen LogP contribution in [0.1, 0.15) is 194 Å². The van der Waals surface area contributed by atoms with Crippen molar-refractivity contribution >= 4 is 19.8 Å². The Morgan fingerprint density at radius 2 is 0.944 bits per heavy atom. The Morgan fingerprint density at radius 1 is 0.556 bits per heavy atom. The number of esters is 2. The summed E-state index contributed by atoms with van der Waals surface area (Å²) < 4.78 is 34.3. The zero-order valence-corrected chi connectivity index (χ0v) is 36.6. The maximum Gasteiger partial charge on any atom is 0.472 e. The monoisotopic (exact) mass is 787 g/mol. The third-order valence-corrected chi connectivity index (χ3v) is 10.4. The van der Waals surface area contributed by atoms with E-state index >= 15 is 0 Å². The lowest BCUT2D eigenvalue weighted by Crippen LogP contribution is -2.37. The molecular weight excluding hydrogens is 701 g/mol. The molecule has 0 fully saturated rings. The molecule has 9 nitrogen and oxygen atoms in total. The summed E-state index contributed by atoms with van der Waals surface area (Å²) in [6.07, 6.45) is 39.3. The molecule has 0 heterocycles. The van der Waals surface area contributed by atoms with Crippen LogP contribution in [0.15, 0.2) is 24.3 Å². The van der Waals surface area contributed by atoms with Crippen molar-refractivity contribution in [2.45, 2.75) is 200 Å². The third-order valence-electron chi connectivity index (χ3n) is 9.45. The van der Waals surface area contributed by atoms with Crippen LogP contribution in [0, 0.1) is 0 Å². The van der Waals surface area contributed by atoms with Gasteiger partial charge in [0.1, 0.15) is 19.8 Å². The highest BCUT2D eigenvalue weighted by Gasteiger charge is 2.27. The van der Waals surface area contributed by atoms with Gasteiger partial charge < -0.3 is 18.9 Å². The molecule has 0 amide bonds. The molecule has 0 aromatic carbocycles. The Morgan fingerprint density at radius 3 is 1.41 bits per heavy atom. The van der Waals surface area contributed by atoms with E-state index in [4.69, 9.17) is 18.5 Å². The van der Waals surface area contributed by atoms with Gasteiger partial charge >= 0.3 is 19.8 Å². The highest BCUT2D eigenvalue weighted by atomic mass is 31.2. The highest BCUT2D eigenvalue weighted by molar-refractivity contribution is 7.47. The molecule has 0 aliphatic carbocycles. The van der Waals surface area contributed by atoms with Crippen LogP contribution in [0.4, 0.5) is 0 Å². The average molecular weight is 787 g/mol. The van der Waals surface area contributed by atoms with Gasteiger partial charge in [-0.1, -0.05) is 141 Å². The quantitative estimate of drug-likeness (QED) is 0.0215. The van der Waals surface area contributed by atoms with Crippen molar-refractivity contribution in [3.05, 3.63) is 24.3 Å². The lowest BCUT2D eigenvalue weighted by atomic mass is 10.1. The lowest BCUT2D eigenvalue weighted by Gasteiger charge is -2.24. The van der Waals surface area contributed by atoms with Gasteiger partial charge in [-0.25, -0.2) is 4.57 Å². The van der Waals surface area contributed by atoms with Gasteiger partial charge in [0.15, 0.2) is 6.10 Å². The molecule has 0 saturated carbocycles. The van der Waals surface area contributed by atoms with Crippen LogP contribution < -0.4 is 0 Å². The first-order valence-electron chi connectivity index (χ1n) is 22.1. The minimum absolute atomic E-state index is 0.0295. The van der Waals surface area contributed by atoms with Crippen molar-refractivity contribution < 1.29 is 42.1 Å². The van der Waals surface area contributed by atoms with Gasteiger partial charge in [0.2, 0.25) is 0 Å². The summed E-state index contributed by atoms with van der Waals surface area (Å²) >= 11 is 0. The molecule has 1 N–H and O–H groups in total. The number of rotatable bonds is 40. The molecule has 0 bridgehead atoms. The van der Waals surface area contributed by atoms with Crippen LogP contribution in [0.5, 0.6) is 0 Å². The van der Waals surface area contributed by atoms with E-state index in [9.17, 15) is 19.0 Å². The largest absolute Gasteiger partial charge is 0.472 e. The van der Waals surface area contributed by atoms with Gasteiger partial charge in [-0.15, -0.1) is 0 Å². The third kappa shape index (κ3) is 40.2. The fraction of sp³-hybridized carbons (Fsp3) is 0.864. The van der Waals surface area contributed by atoms with Gasteiger partial charge in [-0.3, -0.25) is 18.6 Å². The number of likely N-dealkylation sites (N-methyl/N-ethyl adjacent to an activating group) is 1. The normalized spacial score (nSPS) is 13.8. The van der Waals surface area contributed by atoms with E-state index in [1.54, 1.807) is 0 Å². The molecule has 10 heteroatoms. The van der Waals surface area contributed by atoms with Crippen molar-refractivity contribution in [3.63, 3.8) is 0 Å². The Bertz CT molecular complexity index is 980. The summed E-state index contributed by atoms with van der Waals surface area (Å²) in [5.74, 6) is -0.818. The average Bonchev–Trinajstić information content (AvgIpc) is 3.12. The number of carbonyl (C=O) groups excluding carboxylic acids is 2. The Kier molecular flexibility index (Phi) is 36.1. The Hall–Kier alpha value is -1.51. The molecule has 54 heavy (non-hydrogen) atoms. The van der Waals surface area contributed by atoms with E-state index in [0.717, 1.165) is 51.4 Å². The molecule has 0 aliphatic heterocycles. The smallest absolute Gasteiger partial charge is 0.462 e. The first kappa shape index (κ1) is 52.5. The topological polar surface area (TPSA) is 108 Å². The predicted molar refractivity (Wildman–Crippen MR) is 224 cm³/mol. The molecule has 0 aromatic heterocycles. The zero-order valence-electron chi connectivity index (χ0n) is 35.7. The maximum atomic E-state index is 12.7. The lowest BCUT2D eigenvalue weighted by molar-refractivity contribution is -0.870. The van der Waals surface area contributed by atoms with Gasteiger partial charge in [0.25, 0.3) is 0 Å². The maximum absolute atomic E-state index is 12.7. The molecule has 1 unspecified atom stereocenters. The first-order valence-corrected chi connectivity index (χ1v) is 23.6. The number of unbranched alkanes of at least 4 members (excludes halogenated alkanes) is 22. The van der Waals surface area contributed by atoms with Crippen molar-refractivity contribution in [2.24, 2.45) is 0 Å². The van der Waals surface area contributed by atoms with E-state index in [0.29, 0.717) is 17.4 Å². The number of phosphoric acid groups is 1. The second kappa shape index (κ2) is 37.1. The van der Waals surface area contributed by atoms with Crippen LogP contribution in [-0.2, 0) is 32.7 Å². The number of nitrogens with zero attached hydrogens (tertiary/aromatic N) is 1. The minimum atomic E-state index is -4.37. The summed E-state index contributed by atoms with van der Waals surface area (Å²) in [5.41, 5.74) is 0. The number of quaternary nitrogens is 1. The number of ether oxygens (including phenoxy) is 2. The summed E-state index contributed by atoms with van der Waals surface area (Å²) in [6, 6.07) is 0. The fourth-order valence-electron chi connectivity index (χ4n) is 5.94. The number of allylic oxidation sites excluding steroid dienone is 4. The van der Waals surface area contributed by atoms with Crippen LogP contribution in [0.3, 0.4) is 0 Å². The summed E-state index contributed by atoms with van der Waals surface area (Å²) in [5, 5.41) is 0. The standard InChI is InChI=1S/C44H84NO8P/c1-6-8-10-12-14-16-18-20-22-24-26-28-30-32-34-36-43(46)50-40-42(41-52-54(48,49)51-39-38-45(3,4)5)53-44(47)37-35-33-31-29-27-25-23-21-19-17-15-13-11-9-7-2/h16,18,25,27,42H,6-15,17,19-24,26,28-41H2,1-5H3/p+1/b18-16+,27-25+/t42-/m1/s1. The first-order chi connectivity index (χ1) is 26.0. The molecular formula is C44H85NO8P+. The molecule has 0 aromatic rings. The van der Waals surface area contributed by atoms with E-state index in [-0.39, 0.29) is 32.0 Å². The summed E-state index contributed by atoms with van der Waals surface area (Å²) in [4.78, 5) is 35.3. The zero-order chi connectivity index (χ0) is 40.0. The number of hydrogen-bond donors (Lipinski definition) is 1. The van der Waals surface area contributed by atoms with Crippen LogP contribution in [-0.4, -0.2) is 74.9 Å². The van der Waals surface area contributed by atoms with Gasteiger partial charge in [0.05, 0.1) is 27.7 Å². The predicted octanol–water partition coefficient (Wildman–Crippen LogP) is 12.4. The van der Waals surface area contributed by atoms with Gasteiger partial charge in [-0.2, -0.15) is 0 Å². The van der Waals surface area contributed by atoms with Crippen LogP contribution in [0.25, 0.3) is 0 Å². The van der Waals surface area contributed by atoms with Crippen molar-refractivity contribution in [3.8, 4) is 0 Å². The van der Waals surface area contributed by atoms with Crippen molar-refractivity contribution in [1.29, 1.82) is 0 Å². The fourth-order valence-corrected chi connectivity index (χ4v) is 6.69. The SMILES string of the molecule is CCCCCC/C=C/CCCCCCCCCC(=O)OC[C@H](COP(=O)(O)OCC[N+](C)(C)C)OC(=O)CCCCC/C=C/CCCCCCCCCC. The van der Waals surface area contributed by atoms with Gasteiger partial charge in [0, 0.05) is 12.8 Å². The molecule has 0 spiro atoms. The molecule has 0 aliphatic rings. The van der Waals surface area contributed by atoms with Gasteiger partial charge in [-0.05, 0) is 64.2 Å². The van der Waals surface area contributed by atoms with E-state index < -0.39 is 26.5 Å². The minimum Gasteiger partial charge on any atom is -0.462 e. The second-order valence-electron chi connectivity index (χ2n) is 16.1. The van der Waals surface area contributed by atoms with Crippen molar-refractivity contribution in [1.82, 2.24) is 0 Å². The molecule has 0 saturated heterocycles. The number of carbonyl (C=O) groups is 2.